The fraction of sp³-hybridized carbons (Fsp3) is 0.667. The highest BCUT2D eigenvalue weighted by atomic mass is 32.2. The average molecular weight is 90.1 g/mol. The maximum absolute atomic E-state index is 9.39. The molecule has 0 aromatic heterocycles. The fourth-order valence-corrected chi connectivity index (χ4v) is 0. The minimum atomic E-state index is -0.128. The lowest BCUT2D eigenvalue weighted by Crippen LogP contribution is -1.49. The minimum Gasteiger partial charge on any atom is -0.226 e. The predicted octanol–water partition coefficient (Wildman–Crippen LogP) is 0.582. The molecule has 0 rings (SSSR count). The van der Waals surface area contributed by atoms with Crippen LogP contribution in [0.1, 0.15) is 0 Å². The second kappa shape index (κ2) is 2.18. The maximum atomic E-state index is 9.39. The lowest BCUT2D eigenvalue weighted by atomic mass is 11.8. The Morgan fingerprint density at radius 1 is 1.60 bits per heavy atom. The Labute approximate surface area is 33.9 Å². The van der Waals surface area contributed by atoms with Gasteiger partial charge in [-0.25, -0.2) is 4.79 Å². The van der Waals surface area contributed by atoms with Gasteiger partial charge in [0.2, 0.25) is 0 Å². The van der Waals surface area contributed by atoms with E-state index in [0.29, 0.717) is 0 Å². The van der Waals surface area contributed by atoms with Gasteiger partial charge in [-0.15, -0.1) is 10.5 Å². The smallest absolute Gasteiger partial charge is 0.155 e. The van der Waals surface area contributed by atoms with Crippen molar-refractivity contribution in [1.82, 2.24) is 0 Å². The van der Waals surface area contributed by atoms with Crippen molar-refractivity contribution in [2.45, 2.75) is 0 Å². The molecular weight excluding hydrogens is 84.1 g/mol. The molecule has 0 aliphatic carbocycles. The van der Waals surface area contributed by atoms with Crippen molar-refractivity contribution in [1.29, 1.82) is 0 Å². The molecule has 0 N–H and O–H groups in total. The first-order valence-electron chi connectivity index (χ1n) is 1.22. The number of rotatable bonds is 0. The second-order valence-electron chi connectivity index (χ2n) is 0.900. The third-order valence-electron chi connectivity index (χ3n) is 0.167. The van der Waals surface area contributed by atoms with Crippen molar-refractivity contribution in [2.24, 2.45) is 0 Å². The molecule has 0 radical (unpaired) electrons. The summed E-state index contributed by atoms with van der Waals surface area (Å²) in [7, 11) is -0.128. The first-order chi connectivity index (χ1) is 2.27. The maximum Gasteiger partial charge on any atom is 0.155 e. The molecule has 0 aromatic carbocycles. The molecule has 0 aromatic rings. The van der Waals surface area contributed by atoms with Gasteiger partial charge in [-0.2, -0.15) is 0 Å². The van der Waals surface area contributed by atoms with Gasteiger partial charge in [-0.1, -0.05) is 0 Å². The molecule has 0 saturated carbocycles. The Kier molecular flexibility index (Phi) is 2.15. The molecule has 0 aliphatic heterocycles. The van der Waals surface area contributed by atoms with Gasteiger partial charge >= 0.3 is 0 Å². The van der Waals surface area contributed by atoms with E-state index in [1.807, 2.05) is 12.5 Å². The van der Waals surface area contributed by atoms with E-state index in [9.17, 15) is 4.79 Å². The first kappa shape index (κ1) is 4.93. The summed E-state index contributed by atoms with van der Waals surface area (Å²) < 4.78 is 0. The molecule has 0 spiro atoms. The fourth-order valence-electron chi connectivity index (χ4n) is 0. The zero-order chi connectivity index (χ0) is 4.28. The summed E-state index contributed by atoms with van der Waals surface area (Å²) in [6.07, 6.45) is 3.65. The van der Waals surface area contributed by atoms with Crippen molar-refractivity contribution in [2.75, 3.05) is 12.5 Å². The highest BCUT2D eigenvalue weighted by Gasteiger charge is 1.58. The average Bonchev–Trinajstić information content (AvgIpc) is 1.38. The lowest BCUT2D eigenvalue weighted by Gasteiger charge is -1.66. The van der Waals surface area contributed by atoms with Crippen LogP contribution in [0.15, 0.2) is 0 Å². The second-order valence-corrected chi connectivity index (χ2v) is 2.70. The zero-order valence-corrected chi connectivity index (χ0v) is 4.13. The summed E-state index contributed by atoms with van der Waals surface area (Å²) in [4.78, 5) is 9.39. The van der Waals surface area contributed by atoms with Crippen LogP contribution in [0.2, 0.25) is 0 Å². The summed E-state index contributed by atoms with van der Waals surface area (Å²) in [5.41, 5.74) is 0. The number of carbonyl (C=O) groups excluding carboxylic acids is 1. The highest BCUT2D eigenvalue weighted by molar-refractivity contribution is 8.13. The van der Waals surface area contributed by atoms with Crippen LogP contribution in [0.25, 0.3) is 0 Å². The summed E-state index contributed by atoms with van der Waals surface area (Å²) in [5.74, 6) is 0. The van der Waals surface area contributed by atoms with E-state index in [4.69, 9.17) is 0 Å². The molecule has 0 atom stereocenters. The monoisotopic (exact) mass is 90.0 g/mol. The Bertz CT molecular complexity index is 67.0. The summed E-state index contributed by atoms with van der Waals surface area (Å²) in [5, 5.41) is 1.81. The van der Waals surface area contributed by atoms with Crippen LogP contribution < -0.4 is 0 Å². The Balaban J connectivity index is 3.60. The van der Waals surface area contributed by atoms with Crippen LogP contribution in [0, 0.1) is 0 Å². The normalized spacial score (nSPS) is 7.80. The highest BCUT2D eigenvalue weighted by Crippen LogP contribution is 1.87. The van der Waals surface area contributed by atoms with E-state index < -0.39 is 0 Å². The molecule has 0 fully saturated rings. The van der Waals surface area contributed by atoms with E-state index in [1.54, 1.807) is 5.23 Å². The van der Waals surface area contributed by atoms with Gasteiger partial charge < -0.3 is 0 Å². The van der Waals surface area contributed by atoms with Gasteiger partial charge in [0.1, 0.15) is 0 Å². The molecule has 0 amide bonds. The van der Waals surface area contributed by atoms with Crippen LogP contribution in [-0.2, 0) is 4.79 Å². The number of hydrogen-bond acceptors (Lipinski definition) is 1. The molecule has 2 heteroatoms. The van der Waals surface area contributed by atoms with Crippen molar-refractivity contribution in [3.05, 3.63) is 0 Å². The van der Waals surface area contributed by atoms with Crippen LogP contribution >= 0.6 is 10.5 Å². The largest absolute Gasteiger partial charge is 0.226 e. The van der Waals surface area contributed by atoms with Crippen LogP contribution in [0.5, 0.6) is 0 Å². The van der Waals surface area contributed by atoms with Crippen LogP contribution in [-0.4, -0.2) is 17.7 Å². The molecule has 1 nitrogen and oxygen atoms in total. The third-order valence-corrected chi connectivity index (χ3v) is 0.500. The molecule has 5 heavy (non-hydrogen) atoms. The SMILES string of the molecule is CS(C)=C=O. The third kappa shape index (κ3) is 3.93. The molecule has 0 saturated heterocycles. The summed E-state index contributed by atoms with van der Waals surface area (Å²) >= 11 is 0. The molecule has 0 heterocycles. The van der Waals surface area contributed by atoms with Crippen molar-refractivity contribution in [3.63, 3.8) is 0 Å². The molecule has 30 valence electrons. The van der Waals surface area contributed by atoms with Crippen molar-refractivity contribution in [3.8, 4) is 0 Å². The molecule has 0 aliphatic rings. The van der Waals surface area contributed by atoms with Crippen molar-refractivity contribution < 1.29 is 4.79 Å². The standard InChI is InChI=1S/C3H6OS/c1-5(2)3-4/h1-2H3. The Hall–Kier alpha value is -0.0700. The van der Waals surface area contributed by atoms with Crippen molar-refractivity contribution >= 4 is 15.7 Å². The quantitative estimate of drug-likeness (QED) is 0.398. The van der Waals surface area contributed by atoms with Gasteiger partial charge in [0.05, 0.1) is 0 Å². The zero-order valence-electron chi connectivity index (χ0n) is 3.32. The molecular formula is C3H6OS. The van der Waals surface area contributed by atoms with Gasteiger partial charge in [0.25, 0.3) is 0 Å². The topological polar surface area (TPSA) is 17.1 Å². The van der Waals surface area contributed by atoms with Gasteiger partial charge in [0, 0.05) is 0 Å². The Morgan fingerprint density at radius 2 is 1.80 bits per heavy atom. The predicted molar refractivity (Wildman–Crippen MR) is 25.1 cm³/mol. The van der Waals surface area contributed by atoms with E-state index in [0.717, 1.165) is 0 Å². The van der Waals surface area contributed by atoms with E-state index in [1.165, 1.54) is 0 Å². The summed E-state index contributed by atoms with van der Waals surface area (Å²) in [6, 6.07) is 0. The van der Waals surface area contributed by atoms with E-state index in [2.05, 4.69) is 0 Å². The molecule has 0 unspecified atom stereocenters. The van der Waals surface area contributed by atoms with Gasteiger partial charge in [-0.3, -0.25) is 0 Å². The van der Waals surface area contributed by atoms with Gasteiger partial charge in [0.15, 0.2) is 5.23 Å². The molecule has 0 bridgehead atoms. The van der Waals surface area contributed by atoms with E-state index in [-0.39, 0.29) is 10.5 Å². The lowest BCUT2D eigenvalue weighted by molar-refractivity contribution is 0.572. The van der Waals surface area contributed by atoms with Crippen LogP contribution in [0.3, 0.4) is 0 Å². The van der Waals surface area contributed by atoms with Crippen LogP contribution in [0.4, 0.5) is 0 Å². The number of hydrogen-bond donors (Lipinski definition) is 0. The Morgan fingerprint density at radius 3 is 1.80 bits per heavy atom. The van der Waals surface area contributed by atoms with E-state index >= 15 is 0 Å². The first-order valence-corrected chi connectivity index (χ1v) is 3.27. The minimum absolute atomic E-state index is 0.128. The summed E-state index contributed by atoms with van der Waals surface area (Å²) in [6.45, 7) is 0. The van der Waals surface area contributed by atoms with Gasteiger partial charge in [-0.05, 0) is 12.5 Å².